The number of hydrogen-bond donors (Lipinski definition) is 2. The van der Waals surface area contributed by atoms with Crippen LogP contribution in [0, 0.1) is 6.92 Å². The summed E-state index contributed by atoms with van der Waals surface area (Å²) in [5.74, 6) is 1.13. The summed E-state index contributed by atoms with van der Waals surface area (Å²) in [5, 5.41) is 9.20. The van der Waals surface area contributed by atoms with E-state index >= 15 is 0 Å². The number of carbonyl (C=O) groups is 1. The van der Waals surface area contributed by atoms with Crippen molar-refractivity contribution in [1.82, 2.24) is 20.5 Å². The number of nitrogens with one attached hydrogen (secondary N) is 2. The molecule has 6 heteroatoms. The molecule has 6 nitrogen and oxygen atoms in total. The highest BCUT2D eigenvalue weighted by Gasteiger charge is 2.14. The zero-order valence-corrected chi connectivity index (χ0v) is 9.02. The third-order valence-corrected chi connectivity index (χ3v) is 2.18. The van der Waals surface area contributed by atoms with Crippen molar-refractivity contribution in [2.45, 2.75) is 19.9 Å². The molecule has 2 aromatic heterocycles. The molecule has 0 aliphatic carbocycles. The van der Waals surface area contributed by atoms with E-state index in [0.717, 1.165) is 0 Å². The van der Waals surface area contributed by atoms with Crippen molar-refractivity contribution in [2.75, 3.05) is 0 Å². The predicted molar refractivity (Wildman–Crippen MR) is 55.7 cm³/mol. The number of nitrogens with zero attached hydrogens (tertiary/aromatic N) is 2. The molecule has 0 saturated heterocycles. The Morgan fingerprint density at radius 3 is 3.00 bits per heavy atom. The molecule has 1 amide bonds. The van der Waals surface area contributed by atoms with E-state index in [1.165, 1.54) is 12.6 Å². The van der Waals surface area contributed by atoms with Crippen molar-refractivity contribution in [3.63, 3.8) is 0 Å². The van der Waals surface area contributed by atoms with Crippen molar-refractivity contribution >= 4 is 5.91 Å². The van der Waals surface area contributed by atoms with Crippen molar-refractivity contribution in [3.8, 4) is 0 Å². The summed E-state index contributed by atoms with van der Waals surface area (Å²) in [6.07, 6.45) is 2.83. The van der Waals surface area contributed by atoms with Crippen LogP contribution in [0.5, 0.6) is 0 Å². The Morgan fingerprint density at radius 1 is 1.62 bits per heavy atom. The summed E-state index contributed by atoms with van der Waals surface area (Å²) in [6.45, 7) is 3.61. The second-order valence-electron chi connectivity index (χ2n) is 3.51. The van der Waals surface area contributed by atoms with Crippen LogP contribution in [0.4, 0.5) is 0 Å². The van der Waals surface area contributed by atoms with E-state index < -0.39 is 0 Å². The second kappa shape index (κ2) is 4.18. The van der Waals surface area contributed by atoms with E-state index in [4.69, 9.17) is 4.42 Å². The first-order valence-electron chi connectivity index (χ1n) is 4.88. The number of hydrogen-bond acceptors (Lipinski definition) is 4. The zero-order valence-electron chi connectivity index (χ0n) is 9.02. The predicted octanol–water partition coefficient (Wildman–Crippen LogP) is 1.20. The SMILES string of the molecule is Cc1cc(C(=O)NC(C)c2ncn[nH]2)co1. The number of amides is 1. The molecule has 0 fully saturated rings. The normalized spacial score (nSPS) is 12.4. The molecule has 2 aromatic rings. The minimum Gasteiger partial charge on any atom is -0.469 e. The molecule has 16 heavy (non-hydrogen) atoms. The molecule has 0 aromatic carbocycles. The van der Waals surface area contributed by atoms with Gasteiger partial charge in [0.05, 0.1) is 11.6 Å². The molecule has 0 saturated carbocycles. The summed E-state index contributed by atoms with van der Waals surface area (Å²) in [6, 6.07) is 1.47. The summed E-state index contributed by atoms with van der Waals surface area (Å²) in [4.78, 5) is 15.7. The third-order valence-electron chi connectivity index (χ3n) is 2.18. The lowest BCUT2D eigenvalue weighted by Crippen LogP contribution is -2.27. The van der Waals surface area contributed by atoms with E-state index in [0.29, 0.717) is 17.1 Å². The smallest absolute Gasteiger partial charge is 0.255 e. The summed E-state index contributed by atoms with van der Waals surface area (Å²) in [5.41, 5.74) is 0.504. The van der Waals surface area contributed by atoms with Crippen LogP contribution in [0.2, 0.25) is 0 Å². The fourth-order valence-corrected chi connectivity index (χ4v) is 1.33. The van der Waals surface area contributed by atoms with Crippen molar-refractivity contribution in [1.29, 1.82) is 0 Å². The van der Waals surface area contributed by atoms with Gasteiger partial charge >= 0.3 is 0 Å². The van der Waals surface area contributed by atoms with Gasteiger partial charge in [-0.05, 0) is 19.9 Å². The van der Waals surface area contributed by atoms with Crippen LogP contribution in [0.15, 0.2) is 23.1 Å². The molecular weight excluding hydrogens is 208 g/mol. The monoisotopic (exact) mass is 220 g/mol. The zero-order chi connectivity index (χ0) is 11.5. The fraction of sp³-hybridized carbons (Fsp3) is 0.300. The minimum atomic E-state index is -0.217. The fourth-order valence-electron chi connectivity index (χ4n) is 1.33. The van der Waals surface area contributed by atoms with Gasteiger partial charge in [0, 0.05) is 0 Å². The maximum absolute atomic E-state index is 11.7. The van der Waals surface area contributed by atoms with E-state index in [1.807, 2.05) is 6.92 Å². The topological polar surface area (TPSA) is 83.8 Å². The van der Waals surface area contributed by atoms with Gasteiger partial charge in [0.2, 0.25) is 0 Å². The van der Waals surface area contributed by atoms with Gasteiger partial charge in [0.25, 0.3) is 5.91 Å². The molecule has 0 aliphatic heterocycles. The number of aryl methyl sites for hydroxylation is 1. The van der Waals surface area contributed by atoms with Crippen molar-refractivity contribution in [2.24, 2.45) is 0 Å². The van der Waals surface area contributed by atoms with Crippen LogP contribution in [0.1, 0.15) is 34.9 Å². The maximum atomic E-state index is 11.7. The molecular formula is C10H12N4O2. The Morgan fingerprint density at radius 2 is 2.44 bits per heavy atom. The first-order chi connectivity index (χ1) is 7.66. The molecule has 0 aliphatic rings. The Labute approximate surface area is 92.1 Å². The number of rotatable bonds is 3. The summed E-state index contributed by atoms with van der Waals surface area (Å²) >= 11 is 0. The lowest BCUT2D eigenvalue weighted by molar-refractivity contribution is 0.0937. The lowest BCUT2D eigenvalue weighted by Gasteiger charge is -2.09. The van der Waals surface area contributed by atoms with Gasteiger partial charge in [-0.1, -0.05) is 0 Å². The van der Waals surface area contributed by atoms with Crippen LogP contribution < -0.4 is 5.32 Å². The number of aromatic nitrogens is 3. The van der Waals surface area contributed by atoms with E-state index in [-0.39, 0.29) is 11.9 Å². The second-order valence-corrected chi connectivity index (χ2v) is 3.51. The number of H-pyrrole nitrogens is 1. The Balaban J connectivity index is 2.03. The van der Waals surface area contributed by atoms with Crippen LogP contribution in [-0.2, 0) is 0 Å². The van der Waals surface area contributed by atoms with Gasteiger partial charge < -0.3 is 9.73 Å². The van der Waals surface area contributed by atoms with Crippen molar-refractivity contribution < 1.29 is 9.21 Å². The van der Waals surface area contributed by atoms with Crippen molar-refractivity contribution in [3.05, 3.63) is 35.8 Å². The first kappa shape index (κ1) is 10.4. The van der Waals surface area contributed by atoms with Crippen LogP contribution >= 0.6 is 0 Å². The van der Waals surface area contributed by atoms with E-state index in [9.17, 15) is 4.79 Å². The molecule has 84 valence electrons. The number of aromatic amines is 1. The summed E-state index contributed by atoms with van der Waals surface area (Å²) in [7, 11) is 0. The van der Waals surface area contributed by atoms with Gasteiger partial charge in [0.15, 0.2) is 0 Å². The first-order valence-corrected chi connectivity index (χ1v) is 4.88. The Hall–Kier alpha value is -2.11. The molecule has 0 spiro atoms. The van der Waals surface area contributed by atoms with E-state index in [1.54, 1.807) is 13.0 Å². The highest BCUT2D eigenvalue weighted by Crippen LogP contribution is 2.09. The van der Waals surface area contributed by atoms with Gasteiger partial charge in [0.1, 0.15) is 24.2 Å². The Bertz CT molecular complexity index is 475. The van der Waals surface area contributed by atoms with Gasteiger partial charge in [-0.25, -0.2) is 4.98 Å². The number of carbonyl (C=O) groups excluding carboxylic acids is 1. The highest BCUT2D eigenvalue weighted by molar-refractivity contribution is 5.94. The molecule has 1 unspecified atom stereocenters. The van der Waals surface area contributed by atoms with Gasteiger partial charge in [-0.2, -0.15) is 5.10 Å². The molecule has 0 bridgehead atoms. The number of furan rings is 1. The maximum Gasteiger partial charge on any atom is 0.255 e. The molecule has 2 rings (SSSR count). The minimum absolute atomic E-state index is 0.194. The molecule has 0 radical (unpaired) electrons. The highest BCUT2D eigenvalue weighted by atomic mass is 16.3. The quantitative estimate of drug-likeness (QED) is 0.813. The molecule has 2 heterocycles. The molecule has 1 atom stereocenters. The largest absolute Gasteiger partial charge is 0.469 e. The standard InChI is InChI=1S/C10H12N4O2/c1-6-3-8(4-16-6)10(15)13-7(2)9-11-5-12-14-9/h3-5,7H,1-2H3,(H,13,15)(H,11,12,14). The Kier molecular flexibility index (Phi) is 2.72. The van der Waals surface area contributed by atoms with Crippen LogP contribution in [0.3, 0.4) is 0 Å². The summed E-state index contributed by atoms with van der Waals surface area (Å²) < 4.78 is 5.06. The lowest BCUT2D eigenvalue weighted by atomic mass is 10.2. The molecule has 2 N–H and O–H groups in total. The van der Waals surface area contributed by atoms with Crippen LogP contribution in [-0.4, -0.2) is 21.1 Å². The van der Waals surface area contributed by atoms with Crippen LogP contribution in [0.25, 0.3) is 0 Å². The van der Waals surface area contributed by atoms with Gasteiger partial charge in [-0.3, -0.25) is 9.89 Å². The van der Waals surface area contributed by atoms with E-state index in [2.05, 4.69) is 20.5 Å². The average molecular weight is 220 g/mol. The third kappa shape index (κ3) is 2.10. The average Bonchev–Trinajstić information content (AvgIpc) is 2.87. The van der Waals surface area contributed by atoms with Gasteiger partial charge in [-0.15, -0.1) is 0 Å².